The van der Waals surface area contributed by atoms with Crippen LogP contribution in [0, 0.1) is 5.92 Å². The van der Waals surface area contributed by atoms with Gasteiger partial charge in [-0.15, -0.1) is 0 Å². The molecule has 1 heterocycles. The van der Waals surface area contributed by atoms with E-state index in [2.05, 4.69) is 36.1 Å². The van der Waals surface area contributed by atoms with E-state index in [0.29, 0.717) is 12.0 Å². The number of hydrogen-bond donors (Lipinski definition) is 1. The topological polar surface area (TPSA) is 23.5 Å². The Kier molecular flexibility index (Phi) is 3.39. The van der Waals surface area contributed by atoms with Crippen LogP contribution < -0.4 is 0 Å². The molecule has 0 aromatic heterocycles. The van der Waals surface area contributed by atoms with E-state index in [1.165, 1.54) is 5.56 Å². The molecule has 15 heavy (non-hydrogen) atoms. The van der Waals surface area contributed by atoms with E-state index in [1.54, 1.807) is 0 Å². The maximum atomic E-state index is 9.29. The predicted molar refractivity (Wildman–Crippen MR) is 61.5 cm³/mol. The fourth-order valence-electron chi connectivity index (χ4n) is 2.44. The number of rotatable bonds is 3. The molecule has 2 rings (SSSR count). The molecule has 0 bridgehead atoms. The Bertz CT molecular complexity index is 299. The van der Waals surface area contributed by atoms with Gasteiger partial charge in [-0.1, -0.05) is 37.3 Å². The molecule has 1 N–H and O–H groups in total. The minimum Gasteiger partial charge on any atom is -0.395 e. The molecule has 1 aliphatic rings. The van der Waals surface area contributed by atoms with E-state index >= 15 is 0 Å². The highest BCUT2D eigenvalue weighted by molar-refractivity contribution is 5.14. The molecular formula is C13H19NO. The maximum Gasteiger partial charge on any atom is 0.0587 e. The molecule has 2 atom stereocenters. The van der Waals surface area contributed by atoms with Gasteiger partial charge >= 0.3 is 0 Å². The van der Waals surface area contributed by atoms with Crippen molar-refractivity contribution in [3.05, 3.63) is 35.9 Å². The Balaban J connectivity index is 2.00. The molecule has 2 heteroatoms. The molecular weight excluding hydrogens is 186 g/mol. The predicted octanol–water partition coefficient (Wildman–Crippen LogP) is 1.89. The van der Waals surface area contributed by atoms with Gasteiger partial charge in [-0.05, 0) is 17.9 Å². The zero-order valence-electron chi connectivity index (χ0n) is 9.26. The third kappa shape index (κ3) is 2.58. The highest BCUT2D eigenvalue weighted by Gasteiger charge is 2.28. The highest BCUT2D eigenvalue weighted by atomic mass is 16.3. The van der Waals surface area contributed by atoms with Crippen LogP contribution in [0.3, 0.4) is 0 Å². The van der Waals surface area contributed by atoms with Crippen molar-refractivity contribution in [3.63, 3.8) is 0 Å². The minimum absolute atomic E-state index is 0.289. The molecule has 1 aliphatic heterocycles. The molecule has 82 valence electrons. The van der Waals surface area contributed by atoms with Crippen LogP contribution >= 0.6 is 0 Å². The van der Waals surface area contributed by atoms with Crippen LogP contribution in [0.25, 0.3) is 0 Å². The van der Waals surface area contributed by atoms with E-state index in [-0.39, 0.29) is 6.61 Å². The van der Waals surface area contributed by atoms with Gasteiger partial charge in [0.1, 0.15) is 0 Å². The van der Waals surface area contributed by atoms with E-state index < -0.39 is 0 Å². The van der Waals surface area contributed by atoms with E-state index in [1.807, 2.05) is 6.07 Å². The molecule has 1 aromatic carbocycles. The number of nitrogens with zero attached hydrogens (tertiary/aromatic N) is 1. The quantitative estimate of drug-likeness (QED) is 0.814. The van der Waals surface area contributed by atoms with Crippen LogP contribution in [0.15, 0.2) is 30.3 Å². The van der Waals surface area contributed by atoms with Gasteiger partial charge in [0.05, 0.1) is 6.61 Å². The van der Waals surface area contributed by atoms with E-state index in [9.17, 15) is 5.11 Å². The molecule has 1 fully saturated rings. The van der Waals surface area contributed by atoms with Crippen molar-refractivity contribution in [2.75, 3.05) is 13.2 Å². The maximum absolute atomic E-state index is 9.29. The Labute approximate surface area is 91.5 Å². The molecule has 1 saturated heterocycles. The van der Waals surface area contributed by atoms with Crippen molar-refractivity contribution in [1.29, 1.82) is 0 Å². The van der Waals surface area contributed by atoms with Crippen molar-refractivity contribution in [1.82, 2.24) is 4.90 Å². The molecule has 0 unspecified atom stereocenters. The van der Waals surface area contributed by atoms with Crippen LogP contribution in [-0.4, -0.2) is 29.2 Å². The first-order valence-electron chi connectivity index (χ1n) is 5.68. The van der Waals surface area contributed by atoms with Gasteiger partial charge in [0.25, 0.3) is 0 Å². The van der Waals surface area contributed by atoms with Crippen molar-refractivity contribution in [3.8, 4) is 0 Å². The summed E-state index contributed by atoms with van der Waals surface area (Å²) >= 11 is 0. The second-order valence-electron chi connectivity index (χ2n) is 4.59. The van der Waals surface area contributed by atoms with Crippen LogP contribution in [0.1, 0.15) is 18.9 Å². The van der Waals surface area contributed by atoms with E-state index in [4.69, 9.17) is 0 Å². The summed E-state index contributed by atoms with van der Waals surface area (Å²) in [5.74, 6) is 0.714. The van der Waals surface area contributed by atoms with Gasteiger partial charge in [-0.2, -0.15) is 0 Å². The largest absolute Gasteiger partial charge is 0.395 e. The summed E-state index contributed by atoms with van der Waals surface area (Å²) in [6.45, 7) is 4.63. The summed E-state index contributed by atoms with van der Waals surface area (Å²) in [4.78, 5) is 2.39. The fraction of sp³-hybridized carbons (Fsp3) is 0.538. The van der Waals surface area contributed by atoms with Gasteiger partial charge in [-0.3, -0.25) is 4.90 Å². The number of aliphatic hydroxyl groups is 1. The first kappa shape index (κ1) is 10.7. The van der Waals surface area contributed by atoms with Gasteiger partial charge in [-0.25, -0.2) is 0 Å². The summed E-state index contributed by atoms with van der Waals surface area (Å²) in [6.07, 6.45) is 1.13. The summed E-state index contributed by atoms with van der Waals surface area (Å²) in [6, 6.07) is 10.8. The standard InChI is InChI=1S/C13H19NO/c1-11-7-13(10-15)14(8-11)9-12-5-3-2-4-6-12/h2-6,11,13,15H,7-10H2,1H3/t11-,13-/m0/s1. The smallest absolute Gasteiger partial charge is 0.0587 e. The lowest BCUT2D eigenvalue weighted by molar-refractivity contribution is 0.153. The summed E-state index contributed by atoms with van der Waals surface area (Å²) in [5, 5.41) is 9.29. The Morgan fingerprint density at radius 2 is 2.07 bits per heavy atom. The van der Waals surface area contributed by atoms with Crippen molar-refractivity contribution in [2.45, 2.75) is 25.9 Å². The third-order valence-corrected chi connectivity index (χ3v) is 3.18. The highest BCUT2D eigenvalue weighted by Crippen LogP contribution is 2.24. The van der Waals surface area contributed by atoms with Crippen LogP contribution in [0.2, 0.25) is 0 Å². The SMILES string of the molecule is C[C@H]1C[C@@H](CO)N(Cc2ccccc2)C1. The number of benzene rings is 1. The Morgan fingerprint density at radius 1 is 1.33 bits per heavy atom. The molecule has 2 nitrogen and oxygen atoms in total. The molecule has 0 saturated carbocycles. The molecule has 0 amide bonds. The monoisotopic (exact) mass is 205 g/mol. The number of hydrogen-bond acceptors (Lipinski definition) is 2. The third-order valence-electron chi connectivity index (χ3n) is 3.18. The summed E-state index contributed by atoms with van der Waals surface area (Å²) < 4.78 is 0. The molecule has 0 radical (unpaired) electrons. The molecule has 0 spiro atoms. The van der Waals surface area contributed by atoms with Gasteiger partial charge in [0.15, 0.2) is 0 Å². The minimum atomic E-state index is 0.289. The summed E-state index contributed by atoms with van der Waals surface area (Å²) in [5.41, 5.74) is 1.34. The van der Waals surface area contributed by atoms with Crippen molar-refractivity contribution in [2.24, 2.45) is 5.92 Å². The Morgan fingerprint density at radius 3 is 2.73 bits per heavy atom. The first-order valence-corrected chi connectivity index (χ1v) is 5.68. The lowest BCUT2D eigenvalue weighted by Crippen LogP contribution is -2.31. The Hall–Kier alpha value is -0.860. The zero-order valence-corrected chi connectivity index (χ0v) is 9.26. The second kappa shape index (κ2) is 4.77. The first-order chi connectivity index (χ1) is 7.29. The average Bonchev–Trinajstić information content (AvgIpc) is 2.60. The van der Waals surface area contributed by atoms with Crippen LogP contribution in [0.5, 0.6) is 0 Å². The molecule has 0 aliphatic carbocycles. The lowest BCUT2D eigenvalue weighted by atomic mass is 10.1. The zero-order chi connectivity index (χ0) is 10.7. The number of aliphatic hydroxyl groups excluding tert-OH is 1. The van der Waals surface area contributed by atoms with Gasteiger partial charge in [0, 0.05) is 19.1 Å². The summed E-state index contributed by atoms with van der Waals surface area (Å²) in [7, 11) is 0. The van der Waals surface area contributed by atoms with Gasteiger partial charge in [0.2, 0.25) is 0 Å². The number of likely N-dealkylation sites (tertiary alicyclic amines) is 1. The second-order valence-corrected chi connectivity index (χ2v) is 4.59. The lowest BCUT2D eigenvalue weighted by Gasteiger charge is -2.22. The fourth-order valence-corrected chi connectivity index (χ4v) is 2.44. The van der Waals surface area contributed by atoms with Crippen LogP contribution in [0.4, 0.5) is 0 Å². The van der Waals surface area contributed by atoms with Gasteiger partial charge < -0.3 is 5.11 Å². The molecule has 1 aromatic rings. The van der Waals surface area contributed by atoms with Crippen molar-refractivity contribution >= 4 is 0 Å². The van der Waals surface area contributed by atoms with Crippen molar-refractivity contribution < 1.29 is 5.11 Å². The van der Waals surface area contributed by atoms with Crippen LogP contribution in [-0.2, 0) is 6.54 Å². The average molecular weight is 205 g/mol. The normalized spacial score (nSPS) is 27.1. The van der Waals surface area contributed by atoms with E-state index in [0.717, 1.165) is 19.5 Å².